The first kappa shape index (κ1) is 14.8. The average molecular weight is 230 g/mol. The lowest BCUT2D eigenvalue weighted by Gasteiger charge is -2.10. The number of rotatable bonds is 7. The number of carboxylic acid groups (broad SMARTS) is 1. The maximum absolute atomic E-state index is 13.5. The molecule has 16 heavy (non-hydrogen) atoms. The highest BCUT2D eigenvalue weighted by Gasteiger charge is 2.16. The van der Waals surface area contributed by atoms with Crippen molar-refractivity contribution in [2.45, 2.75) is 40.0 Å². The number of carboxylic acids is 1. The molecule has 0 aliphatic rings. The van der Waals surface area contributed by atoms with Crippen LogP contribution in [-0.4, -0.2) is 16.9 Å². The third kappa shape index (κ3) is 5.63. The van der Waals surface area contributed by atoms with Gasteiger partial charge in [-0.1, -0.05) is 13.8 Å². The lowest BCUT2D eigenvalue weighted by molar-refractivity contribution is -0.137. The fourth-order valence-corrected chi connectivity index (χ4v) is 1.23. The average Bonchev–Trinajstić information content (AvgIpc) is 2.21. The highest BCUT2D eigenvalue weighted by molar-refractivity contribution is 5.80. The SMILES string of the molecule is CC[C@@H](C)/C(F)=C/[C@@H](CCC(=O)O)C(C)=O. The van der Waals surface area contributed by atoms with Gasteiger partial charge in [0, 0.05) is 18.3 Å². The molecule has 0 amide bonds. The van der Waals surface area contributed by atoms with Gasteiger partial charge < -0.3 is 5.11 Å². The van der Waals surface area contributed by atoms with Gasteiger partial charge in [-0.2, -0.15) is 0 Å². The van der Waals surface area contributed by atoms with E-state index in [1.54, 1.807) is 6.92 Å². The van der Waals surface area contributed by atoms with Gasteiger partial charge in [0.15, 0.2) is 0 Å². The van der Waals surface area contributed by atoms with Crippen LogP contribution in [0.3, 0.4) is 0 Å². The van der Waals surface area contributed by atoms with Crippen LogP contribution < -0.4 is 0 Å². The van der Waals surface area contributed by atoms with Crippen molar-refractivity contribution in [1.29, 1.82) is 0 Å². The molecule has 0 aromatic heterocycles. The van der Waals surface area contributed by atoms with Gasteiger partial charge in [-0.25, -0.2) is 4.39 Å². The zero-order valence-corrected chi connectivity index (χ0v) is 10.00. The van der Waals surface area contributed by atoms with E-state index < -0.39 is 11.9 Å². The molecule has 4 heteroatoms. The third-order valence-electron chi connectivity index (χ3n) is 2.63. The van der Waals surface area contributed by atoms with Crippen molar-refractivity contribution >= 4 is 11.8 Å². The molecule has 1 N–H and O–H groups in total. The van der Waals surface area contributed by atoms with E-state index in [2.05, 4.69) is 0 Å². The van der Waals surface area contributed by atoms with Crippen molar-refractivity contribution in [3.05, 3.63) is 11.9 Å². The molecule has 0 heterocycles. The highest BCUT2D eigenvalue weighted by Crippen LogP contribution is 2.20. The van der Waals surface area contributed by atoms with Gasteiger partial charge in [0.1, 0.15) is 5.78 Å². The summed E-state index contributed by atoms with van der Waals surface area (Å²) in [5.41, 5.74) is 0. The second-order valence-corrected chi connectivity index (χ2v) is 4.01. The molecule has 0 bridgehead atoms. The summed E-state index contributed by atoms with van der Waals surface area (Å²) < 4.78 is 13.5. The van der Waals surface area contributed by atoms with Crippen LogP contribution in [0.15, 0.2) is 11.9 Å². The number of hydrogen-bond donors (Lipinski definition) is 1. The van der Waals surface area contributed by atoms with Gasteiger partial charge in [0.2, 0.25) is 0 Å². The standard InChI is InChI=1S/C12H19FO3/c1-4-8(2)11(13)7-10(9(3)14)5-6-12(15)16/h7-8,10H,4-6H2,1-3H3,(H,15,16)/b11-7-/t8-,10-/m1/s1. The summed E-state index contributed by atoms with van der Waals surface area (Å²) in [5.74, 6) is -2.33. The predicted molar refractivity (Wildman–Crippen MR) is 59.7 cm³/mol. The largest absolute Gasteiger partial charge is 0.481 e. The molecular formula is C12H19FO3. The fraction of sp³-hybridized carbons (Fsp3) is 0.667. The van der Waals surface area contributed by atoms with Gasteiger partial charge >= 0.3 is 5.97 Å². The second-order valence-electron chi connectivity index (χ2n) is 4.01. The number of allylic oxidation sites excluding steroid dienone is 2. The molecule has 0 saturated carbocycles. The highest BCUT2D eigenvalue weighted by atomic mass is 19.1. The van der Waals surface area contributed by atoms with Crippen LogP contribution in [0.4, 0.5) is 4.39 Å². The van der Waals surface area contributed by atoms with Gasteiger partial charge in [0.25, 0.3) is 0 Å². The molecule has 3 nitrogen and oxygen atoms in total. The Morgan fingerprint density at radius 1 is 1.44 bits per heavy atom. The minimum Gasteiger partial charge on any atom is -0.481 e. The lowest BCUT2D eigenvalue weighted by atomic mass is 9.95. The summed E-state index contributed by atoms with van der Waals surface area (Å²) in [6, 6.07) is 0. The Labute approximate surface area is 95.3 Å². The molecule has 92 valence electrons. The smallest absolute Gasteiger partial charge is 0.303 e. The van der Waals surface area contributed by atoms with Crippen LogP contribution >= 0.6 is 0 Å². The molecular weight excluding hydrogens is 211 g/mol. The van der Waals surface area contributed by atoms with Gasteiger partial charge in [-0.3, -0.25) is 9.59 Å². The first-order chi connectivity index (χ1) is 7.38. The van der Waals surface area contributed by atoms with E-state index in [9.17, 15) is 14.0 Å². The van der Waals surface area contributed by atoms with E-state index in [1.807, 2.05) is 6.92 Å². The molecule has 0 aliphatic heterocycles. The molecule has 0 aliphatic carbocycles. The molecule has 0 spiro atoms. The molecule has 0 fully saturated rings. The van der Waals surface area contributed by atoms with Crippen molar-refractivity contribution in [3.8, 4) is 0 Å². The van der Waals surface area contributed by atoms with Crippen LogP contribution in [0.1, 0.15) is 40.0 Å². The molecule has 0 radical (unpaired) electrons. The van der Waals surface area contributed by atoms with Gasteiger partial charge in [0.05, 0.1) is 5.83 Å². The maximum atomic E-state index is 13.5. The Balaban J connectivity index is 4.54. The number of hydrogen-bond acceptors (Lipinski definition) is 2. The van der Waals surface area contributed by atoms with E-state index in [0.29, 0.717) is 6.42 Å². The molecule has 0 unspecified atom stereocenters. The predicted octanol–water partition coefficient (Wildman–Crippen LogP) is 2.96. The second kappa shape index (κ2) is 7.14. The minimum atomic E-state index is -0.969. The number of halogens is 1. The third-order valence-corrected chi connectivity index (χ3v) is 2.63. The lowest BCUT2D eigenvalue weighted by Crippen LogP contribution is -2.11. The summed E-state index contributed by atoms with van der Waals surface area (Å²) in [5, 5.41) is 8.51. The topological polar surface area (TPSA) is 54.4 Å². The number of Topliss-reactive ketones (excluding diaryl/α,β-unsaturated/α-hetero) is 1. The van der Waals surface area contributed by atoms with Crippen LogP contribution in [0.25, 0.3) is 0 Å². The molecule has 0 aromatic carbocycles. The fourth-order valence-electron chi connectivity index (χ4n) is 1.23. The molecule has 0 rings (SSSR count). The normalized spacial score (nSPS) is 15.6. The van der Waals surface area contributed by atoms with Crippen LogP contribution in [0.5, 0.6) is 0 Å². The van der Waals surface area contributed by atoms with Gasteiger partial charge in [-0.15, -0.1) is 0 Å². The van der Waals surface area contributed by atoms with Crippen LogP contribution in [0.2, 0.25) is 0 Å². The summed E-state index contributed by atoms with van der Waals surface area (Å²) in [6.45, 7) is 4.95. The Morgan fingerprint density at radius 2 is 2.00 bits per heavy atom. The van der Waals surface area contributed by atoms with Crippen LogP contribution in [0, 0.1) is 11.8 Å². The summed E-state index contributed by atoms with van der Waals surface area (Å²) in [4.78, 5) is 21.6. The van der Waals surface area contributed by atoms with Crippen molar-refractivity contribution in [2.75, 3.05) is 0 Å². The zero-order chi connectivity index (χ0) is 12.7. The van der Waals surface area contributed by atoms with Crippen molar-refractivity contribution < 1.29 is 19.1 Å². The number of carbonyl (C=O) groups is 2. The maximum Gasteiger partial charge on any atom is 0.303 e. The Hall–Kier alpha value is -1.19. The van der Waals surface area contributed by atoms with Crippen LogP contribution in [-0.2, 0) is 9.59 Å². The van der Waals surface area contributed by atoms with Crippen molar-refractivity contribution in [1.82, 2.24) is 0 Å². The van der Waals surface area contributed by atoms with E-state index >= 15 is 0 Å². The van der Waals surface area contributed by atoms with E-state index in [0.717, 1.165) is 0 Å². The van der Waals surface area contributed by atoms with E-state index in [1.165, 1.54) is 13.0 Å². The van der Waals surface area contributed by atoms with Crippen molar-refractivity contribution in [3.63, 3.8) is 0 Å². The first-order valence-corrected chi connectivity index (χ1v) is 5.47. The number of ketones is 1. The molecule has 2 atom stereocenters. The Kier molecular flexibility index (Phi) is 6.61. The monoisotopic (exact) mass is 230 g/mol. The first-order valence-electron chi connectivity index (χ1n) is 5.47. The van der Waals surface area contributed by atoms with E-state index in [-0.39, 0.29) is 30.4 Å². The minimum absolute atomic E-state index is 0.117. The molecule has 0 saturated heterocycles. The Bertz CT molecular complexity index is 284. The van der Waals surface area contributed by atoms with Crippen molar-refractivity contribution in [2.24, 2.45) is 11.8 Å². The number of aliphatic carboxylic acids is 1. The summed E-state index contributed by atoms with van der Waals surface area (Å²) in [7, 11) is 0. The zero-order valence-electron chi connectivity index (χ0n) is 10.00. The Morgan fingerprint density at radius 3 is 2.38 bits per heavy atom. The summed E-state index contributed by atoms with van der Waals surface area (Å²) >= 11 is 0. The number of carbonyl (C=O) groups excluding carboxylic acids is 1. The summed E-state index contributed by atoms with van der Waals surface area (Å²) in [6.07, 6.45) is 1.97. The molecule has 0 aromatic rings. The van der Waals surface area contributed by atoms with E-state index in [4.69, 9.17) is 5.11 Å². The quantitative estimate of drug-likeness (QED) is 0.731. The van der Waals surface area contributed by atoms with Gasteiger partial charge in [-0.05, 0) is 25.8 Å².